The molecular formula is C11H25N3OS. The van der Waals surface area contributed by atoms with Crippen LogP contribution in [0.25, 0.3) is 0 Å². The van der Waals surface area contributed by atoms with Gasteiger partial charge in [0.15, 0.2) is 0 Å². The van der Waals surface area contributed by atoms with E-state index in [4.69, 9.17) is 5.84 Å². The highest BCUT2D eigenvalue weighted by Gasteiger charge is 2.28. The molecule has 0 spiro atoms. The number of hydrogen-bond donors (Lipinski definition) is 2. The summed E-state index contributed by atoms with van der Waals surface area (Å²) >= 11 is 1.83. The minimum Gasteiger partial charge on any atom is -0.293 e. The van der Waals surface area contributed by atoms with Gasteiger partial charge in [-0.1, -0.05) is 13.8 Å². The van der Waals surface area contributed by atoms with Gasteiger partial charge in [-0.2, -0.15) is 11.8 Å². The van der Waals surface area contributed by atoms with Gasteiger partial charge in [0.05, 0.1) is 6.04 Å². The zero-order valence-electron chi connectivity index (χ0n) is 11.0. The van der Waals surface area contributed by atoms with E-state index in [1.54, 1.807) is 0 Å². The SMILES string of the molecule is CSCCC(C)N(C)C(C(=O)NN)C(C)C. The average Bonchev–Trinajstić information content (AvgIpc) is 2.24. The molecule has 0 heterocycles. The summed E-state index contributed by atoms with van der Waals surface area (Å²) in [7, 11) is 1.99. The molecule has 0 saturated heterocycles. The van der Waals surface area contributed by atoms with E-state index in [9.17, 15) is 4.79 Å². The highest BCUT2D eigenvalue weighted by atomic mass is 32.2. The molecule has 0 fully saturated rings. The summed E-state index contributed by atoms with van der Waals surface area (Å²) in [6.45, 7) is 6.23. The van der Waals surface area contributed by atoms with E-state index in [0.717, 1.165) is 12.2 Å². The Balaban J connectivity index is 4.48. The lowest BCUT2D eigenvalue weighted by Gasteiger charge is -2.34. The lowest BCUT2D eigenvalue weighted by Crippen LogP contribution is -2.53. The third-order valence-corrected chi connectivity index (χ3v) is 3.56. The summed E-state index contributed by atoms with van der Waals surface area (Å²) < 4.78 is 0. The monoisotopic (exact) mass is 247 g/mol. The molecule has 3 N–H and O–H groups in total. The first-order valence-corrected chi connectivity index (χ1v) is 7.06. The van der Waals surface area contributed by atoms with Crippen molar-refractivity contribution in [3.63, 3.8) is 0 Å². The number of nitrogens with one attached hydrogen (secondary N) is 1. The number of nitrogens with two attached hydrogens (primary N) is 1. The Labute approximate surface area is 103 Å². The van der Waals surface area contributed by atoms with Crippen LogP contribution >= 0.6 is 11.8 Å². The van der Waals surface area contributed by atoms with E-state index in [0.29, 0.717) is 6.04 Å². The van der Waals surface area contributed by atoms with Crippen LogP contribution in [0.3, 0.4) is 0 Å². The maximum Gasteiger partial charge on any atom is 0.251 e. The standard InChI is InChI=1S/C11H25N3OS/c1-8(2)10(11(15)13-12)14(4)9(3)6-7-16-5/h8-10H,6-7,12H2,1-5H3,(H,13,15). The number of rotatable bonds is 7. The fourth-order valence-electron chi connectivity index (χ4n) is 1.81. The topological polar surface area (TPSA) is 58.4 Å². The third-order valence-electron chi connectivity index (χ3n) is 2.92. The Kier molecular flexibility index (Phi) is 7.80. The second-order valence-electron chi connectivity index (χ2n) is 4.49. The van der Waals surface area contributed by atoms with Crippen LogP contribution in [-0.2, 0) is 4.79 Å². The minimum absolute atomic E-state index is 0.103. The first kappa shape index (κ1) is 15.7. The lowest BCUT2D eigenvalue weighted by atomic mass is 10.0. The first-order valence-electron chi connectivity index (χ1n) is 5.67. The van der Waals surface area contributed by atoms with Gasteiger partial charge in [-0.3, -0.25) is 15.1 Å². The van der Waals surface area contributed by atoms with Crippen molar-refractivity contribution in [3.8, 4) is 0 Å². The number of amides is 1. The Hall–Kier alpha value is -0.260. The van der Waals surface area contributed by atoms with Crippen molar-refractivity contribution >= 4 is 17.7 Å². The van der Waals surface area contributed by atoms with E-state index in [-0.39, 0.29) is 17.9 Å². The zero-order valence-corrected chi connectivity index (χ0v) is 11.8. The van der Waals surface area contributed by atoms with E-state index in [1.807, 2.05) is 32.7 Å². The molecule has 0 aliphatic heterocycles. The lowest BCUT2D eigenvalue weighted by molar-refractivity contribution is -0.128. The summed E-state index contributed by atoms with van der Waals surface area (Å²) in [5.74, 6) is 6.48. The van der Waals surface area contributed by atoms with Crippen LogP contribution in [0.5, 0.6) is 0 Å². The molecule has 0 radical (unpaired) electrons. The van der Waals surface area contributed by atoms with Gasteiger partial charge in [0.25, 0.3) is 5.91 Å². The second kappa shape index (κ2) is 7.92. The number of carbonyl (C=O) groups is 1. The predicted octanol–water partition coefficient (Wildman–Crippen LogP) is 1.07. The fourth-order valence-corrected chi connectivity index (χ4v) is 2.39. The molecule has 0 aromatic carbocycles. The first-order chi connectivity index (χ1) is 7.45. The predicted molar refractivity (Wildman–Crippen MR) is 71.2 cm³/mol. The number of hydrazine groups is 1. The van der Waals surface area contributed by atoms with E-state index in [2.05, 4.69) is 23.5 Å². The van der Waals surface area contributed by atoms with Crippen LogP contribution in [0, 0.1) is 5.92 Å². The van der Waals surface area contributed by atoms with E-state index in [1.165, 1.54) is 0 Å². The minimum atomic E-state index is -0.151. The Morgan fingerprint density at radius 2 is 2.00 bits per heavy atom. The van der Waals surface area contributed by atoms with Crippen molar-refractivity contribution in [2.24, 2.45) is 11.8 Å². The molecule has 2 unspecified atom stereocenters. The number of thioether (sulfide) groups is 1. The van der Waals surface area contributed by atoms with Crippen molar-refractivity contribution in [2.75, 3.05) is 19.1 Å². The number of hydrogen-bond acceptors (Lipinski definition) is 4. The maximum absolute atomic E-state index is 11.7. The smallest absolute Gasteiger partial charge is 0.251 e. The van der Waals surface area contributed by atoms with Crippen LogP contribution in [0.4, 0.5) is 0 Å². The summed E-state index contributed by atoms with van der Waals surface area (Å²) in [5, 5.41) is 0. The molecule has 0 rings (SSSR count). The maximum atomic E-state index is 11.7. The van der Waals surface area contributed by atoms with E-state index < -0.39 is 0 Å². The Morgan fingerprint density at radius 1 is 1.44 bits per heavy atom. The molecule has 1 amide bonds. The van der Waals surface area contributed by atoms with Crippen molar-refractivity contribution in [2.45, 2.75) is 39.3 Å². The highest BCUT2D eigenvalue weighted by molar-refractivity contribution is 7.98. The van der Waals surface area contributed by atoms with Crippen molar-refractivity contribution in [1.29, 1.82) is 0 Å². The number of carbonyl (C=O) groups excluding carboxylic acids is 1. The normalized spacial score (nSPS) is 15.2. The van der Waals surface area contributed by atoms with Gasteiger partial charge in [-0.15, -0.1) is 0 Å². The van der Waals surface area contributed by atoms with Gasteiger partial charge >= 0.3 is 0 Å². The van der Waals surface area contributed by atoms with Crippen molar-refractivity contribution in [3.05, 3.63) is 0 Å². The Morgan fingerprint density at radius 3 is 2.38 bits per heavy atom. The molecule has 0 aliphatic carbocycles. The van der Waals surface area contributed by atoms with Gasteiger partial charge < -0.3 is 0 Å². The molecule has 0 aromatic rings. The molecule has 5 heteroatoms. The molecular weight excluding hydrogens is 222 g/mol. The third kappa shape index (κ3) is 4.72. The van der Waals surface area contributed by atoms with Crippen molar-refractivity contribution in [1.82, 2.24) is 10.3 Å². The van der Waals surface area contributed by atoms with Crippen LogP contribution in [-0.4, -0.2) is 41.9 Å². The molecule has 2 atom stereocenters. The highest BCUT2D eigenvalue weighted by Crippen LogP contribution is 2.15. The Bertz CT molecular complexity index is 211. The van der Waals surface area contributed by atoms with Crippen molar-refractivity contribution < 1.29 is 4.79 Å². The van der Waals surface area contributed by atoms with E-state index >= 15 is 0 Å². The second-order valence-corrected chi connectivity index (χ2v) is 5.48. The quantitative estimate of drug-likeness (QED) is 0.401. The summed E-state index contributed by atoms with van der Waals surface area (Å²) in [6, 6.07) is 0.235. The van der Waals surface area contributed by atoms with Gasteiger partial charge in [-0.25, -0.2) is 5.84 Å². The van der Waals surface area contributed by atoms with Gasteiger partial charge in [-0.05, 0) is 38.3 Å². The molecule has 96 valence electrons. The zero-order chi connectivity index (χ0) is 12.7. The van der Waals surface area contributed by atoms with Gasteiger partial charge in [0.2, 0.25) is 0 Å². The average molecular weight is 247 g/mol. The summed E-state index contributed by atoms with van der Waals surface area (Å²) in [6.07, 6.45) is 3.18. The fraction of sp³-hybridized carbons (Fsp3) is 0.909. The molecule has 0 bridgehead atoms. The number of likely N-dealkylation sites (N-methyl/N-ethyl adjacent to an activating group) is 1. The molecule has 4 nitrogen and oxygen atoms in total. The summed E-state index contributed by atoms with van der Waals surface area (Å²) in [4.78, 5) is 13.8. The number of nitrogens with zero attached hydrogens (tertiary/aromatic N) is 1. The van der Waals surface area contributed by atoms with Gasteiger partial charge in [0.1, 0.15) is 0 Å². The van der Waals surface area contributed by atoms with Crippen LogP contribution in [0.2, 0.25) is 0 Å². The van der Waals surface area contributed by atoms with Gasteiger partial charge in [0, 0.05) is 6.04 Å². The molecule has 0 aromatic heterocycles. The van der Waals surface area contributed by atoms with Crippen LogP contribution in [0.15, 0.2) is 0 Å². The molecule has 0 saturated carbocycles. The van der Waals surface area contributed by atoms with Crippen LogP contribution < -0.4 is 11.3 Å². The largest absolute Gasteiger partial charge is 0.293 e. The van der Waals surface area contributed by atoms with Crippen LogP contribution in [0.1, 0.15) is 27.2 Å². The molecule has 16 heavy (non-hydrogen) atoms. The summed E-state index contributed by atoms with van der Waals surface area (Å²) in [5.41, 5.74) is 2.25. The molecule has 0 aliphatic rings.